The minimum atomic E-state index is -1.11. The molecule has 2 saturated heterocycles. The highest BCUT2D eigenvalue weighted by Gasteiger charge is 2.23. The Labute approximate surface area is 205 Å². The average molecular weight is 465 g/mol. The summed E-state index contributed by atoms with van der Waals surface area (Å²) in [5.74, 6) is 0.690. The number of likely N-dealkylation sites (tertiary alicyclic amines) is 2. The molecule has 1 aromatic heterocycles. The summed E-state index contributed by atoms with van der Waals surface area (Å²) in [7, 11) is 0. The molecule has 184 valence electrons. The van der Waals surface area contributed by atoms with Gasteiger partial charge in [-0.3, -0.25) is 9.97 Å². The van der Waals surface area contributed by atoms with Gasteiger partial charge in [-0.1, -0.05) is 30.8 Å². The molecular formula is C29H41FN4. The highest BCUT2D eigenvalue weighted by atomic mass is 19.1. The van der Waals surface area contributed by atoms with Crippen molar-refractivity contribution in [1.29, 1.82) is 0 Å². The van der Waals surface area contributed by atoms with Crippen LogP contribution in [0.2, 0.25) is 0 Å². The number of alkyl halides is 1. The van der Waals surface area contributed by atoms with Crippen molar-refractivity contribution < 1.29 is 4.39 Å². The highest BCUT2D eigenvalue weighted by Crippen LogP contribution is 2.26. The molecule has 0 spiro atoms. The number of halogens is 1. The fourth-order valence-corrected chi connectivity index (χ4v) is 5.37. The minimum absolute atomic E-state index is 0.542. The Hall–Kier alpha value is -2.27. The zero-order valence-electron chi connectivity index (χ0n) is 21.1. The van der Waals surface area contributed by atoms with Crippen molar-refractivity contribution >= 4 is 5.70 Å². The summed E-state index contributed by atoms with van der Waals surface area (Å²) in [6, 6.07) is 8.57. The molecule has 0 N–H and O–H groups in total. The lowest BCUT2D eigenvalue weighted by Gasteiger charge is -2.30. The van der Waals surface area contributed by atoms with Crippen molar-refractivity contribution in [2.45, 2.75) is 70.9 Å². The number of aromatic nitrogens is 2. The first-order chi connectivity index (χ1) is 16.4. The SMILES string of the molecule is C=C(c1ccc(-c2cnc(CCC3CCCN(CC(C)(C)F)CC3)cn2)cc1)N1CCCCC1. The third kappa shape index (κ3) is 7.11. The number of hydrogen-bond acceptors (Lipinski definition) is 4. The van der Waals surface area contributed by atoms with Crippen molar-refractivity contribution in [3.63, 3.8) is 0 Å². The van der Waals surface area contributed by atoms with Crippen LogP contribution >= 0.6 is 0 Å². The van der Waals surface area contributed by atoms with Crippen LogP contribution in [0.15, 0.2) is 43.2 Å². The second-order valence-electron chi connectivity index (χ2n) is 10.8. The van der Waals surface area contributed by atoms with E-state index in [1.807, 2.05) is 12.4 Å². The topological polar surface area (TPSA) is 32.3 Å². The van der Waals surface area contributed by atoms with Crippen molar-refractivity contribution in [2.75, 3.05) is 32.7 Å². The Kier molecular flexibility index (Phi) is 8.36. The van der Waals surface area contributed by atoms with Gasteiger partial charge in [0.1, 0.15) is 5.67 Å². The maximum atomic E-state index is 14.0. The highest BCUT2D eigenvalue weighted by molar-refractivity contribution is 5.66. The molecule has 3 heterocycles. The van der Waals surface area contributed by atoms with Gasteiger partial charge in [0.2, 0.25) is 0 Å². The largest absolute Gasteiger partial charge is 0.372 e. The second kappa shape index (κ2) is 11.4. The smallest absolute Gasteiger partial charge is 0.118 e. The molecule has 2 aromatic rings. The van der Waals surface area contributed by atoms with Gasteiger partial charge < -0.3 is 9.80 Å². The molecule has 2 fully saturated rings. The predicted octanol–water partition coefficient (Wildman–Crippen LogP) is 6.38. The monoisotopic (exact) mass is 464 g/mol. The van der Waals surface area contributed by atoms with Crippen molar-refractivity contribution in [3.8, 4) is 11.3 Å². The molecule has 5 heteroatoms. The van der Waals surface area contributed by atoms with E-state index in [1.165, 1.54) is 31.2 Å². The van der Waals surface area contributed by atoms with Crippen LogP contribution in [0.3, 0.4) is 0 Å². The van der Waals surface area contributed by atoms with Gasteiger partial charge in [-0.05, 0) is 89.8 Å². The number of piperidine rings is 1. The van der Waals surface area contributed by atoms with Crippen LogP contribution in [0.5, 0.6) is 0 Å². The van der Waals surface area contributed by atoms with E-state index in [4.69, 9.17) is 9.97 Å². The van der Waals surface area contributed by atoms with E-state index in [1.54, 1.807) is 13.8 Å². The molecule has 2 aliphatic heterocycles. The summed E-state index contributed by atoms with van der Waals surface area (Å²) in [5.41, 5.74) is 4.27. The van der Waals surface area contributed by atoms with E-state index in [0.29, 0.717) is 12.5 Å². The molecular weight excluding hydrogens is 423 g/mol. The average Bonchev–Trinajstić information content (AvgIpc) is 3.07. The van der Waals surface area contributed by atoms with Gasteiger partial charge in [-0.15, -0.1) is 0 Å². The van der Waals surface area contributed by atoms with Crippen LogP contribution in [0, 0.1) is 5.92 Å². The maximum Gasteiger partial charge on any atom is 0.118 e. The first kappa shape index (κ1) is 24.8. The summed E-state index contributed by atoms with van der Waals surface area (Å²) in [6.45, 7) is 12.5. The number of rotatable bonds is 8. The van der Waals surface area contributed by atoms with Gasteiger partial charge >= 0.3 is 0 Å². The normalized spacial score (nSPS) is 20.2. The van der Waals surface area contributed by atoms with Crippen LogP contribution in [0.25, 0.3) is 17.0 Å². The fraction of sp³-hybridized carbons (Fsp3) is 0.586. The molecule has 4 nitrogen and oxygen atoms in total. The van der Waals surface area contributed by atoms with Gasteiger partial charge in [0, 0.05) is 37.1 Å². The summed E-state index contributed by atoms with van der Waals surface area (Å²) >= 11 is 0. The molecule has 0 bridgehead atoms. The van der Waals surface area contributed by atoms with Gasteiger partial charge in [0.15, 0.2) is 0 Å². The standard InChI is InChI=1S/C29H41FN4/c1-23(34-17-5-4-6-18-34)25-10-12-26(13-11-25)28-21-31-27(20-32-28)14-9-24-8-7-16-33(19-15-24)22-29(2,3)30/h10-13,20-21,24H,1,4-9,14-19,22H2,2-3H3. The second-order valence-corrected chi connectivity index (χ2v) is 10.8. The summed E-state index contributed by atoms with van der Waals surface area (Å²) in [6.07, 6.45) is 13.3. The van der Waals surface area contributed by atoms with Gasteiger partial charge in [-0.2, -0.15) is 0 Å². The fourth-order valence-electron chi connectivity index (χ4n) is 5.37. The Bertz CT molecular complexity index is 911. The number of nitrogens with zero attached hydrogens (tertiary/aromatic N) is 4. The molecule has 0 saturated carbocycles. The van der Waals surface area contributed by atoms with Crippen LogP contribution < -0.4 is 0 Å². The third-order valence-electron chi connectivity index (χ3n) is 7.31. The maximum absolute atomic E-state index is 14.0. The summed E-state index contributed by atoms with van der Waals surface area (Å²) < 4.78 is 14.0. The van der Waals surface area contributed by atoms with E-state index in [9.17, 15) is 4.39 Å². The summed E-state index contributed by atoms with van der Waals surface area (Å²) in [5, 5.41) is 0. The van der Waals surface area contributed by atoms with Gasteiger partial charge in [0.25, 0.3) is 0 Å². The number of hydrogen-bond donors (Lipinski definition) is 0. The van der Waals surface area contributed by atoms with Crippen LogP contribution in [-0.2, 0) is 6.42 Å². The van der Waals surface area contributed by atoms with E-state index < -0.39 is 5.67 Å². The molecule has 1 unspecified atom stereocenters. The van der Waals surface area contributed by atoms with Crippen molar-refractivity contribution in [3.05, 3.63) is 54.5 Å². The Morgan fingerprint density at radius 2 is 1.74 bits per heavy atom. The van der Waals surface area contributed by atoms with Crippen molar-refractivity contribution in [2.24, 2.45) is 5.92 Å². The van der Waals surface area contributed by atoms with Crippen molar-refractivity contribution in [1.82, 2.24) is 19.8 Å². The van der Waals surface area contributed by atoms with E-state index in [0.717, 1.165) is 74.5 Å². The molecule has 0 aliphatic carbocycles. The predicted molar refractivity (Wildman–Crippen MR) is 139 cm³/mol. The van der Waals surface area contributed by atoms with Gasteiger partial charge in [0.05, 0.1) is 17.6 Å². The van der Waals surface area contributed by atoms with Gasteiger partial charge in [-0.25, -0.2) is 4.39 Å². The lowest BCUT2D eigenvalue weighted by molar-refractivity contribution is 0.127. The molecule has 1 atom stereocenters. The molecule has 34 heavy (non-hydrogen) atoms. The molecule has 4 rings (SSSR count). The molecule has 0 amide bonds. The quantitative estimate of drug-likeness (QED) is 0.453. The number of aryl methyl sites for hydroxylation is 1. The Balaban J connectivity index is 1.27. The zero-order chi connectivity index (χ0) is 24.0. The van der Waals surface area contributed by atoms with E-state index >= 15 is 0 Å². The molecule has 2 aliphatic rings. The van der Waals surface area contributed by atoms with Crippen LogP contribution in [0.4, 0.5) is 4.39 Å². The number of benzene rings is 1. The zero-order valence-corrected chi connectivity index (χ0v) is 21.1. The van der Waals surface area contributed by atoms with Crippen LogP contribution in [0.1, 0.15) is 70.1 Å². The first-order valence-electron chi connectivity index (χ1n) is 13.1. The molecule has 1 aromatic carbocycles. The Morgan fingerprint density at radius 1 is 0.971 bits per heavy atom. The minimum Gasteiger partial charge on any atom is -0.372 e. The van der Waals surface area contributed by atoms with E-state index in [-0.39, 0.29) is 0 Å². The first-order valence-corrected chi connectivity index (χ1v) is 13.1. The summed E-state index contributed by atoms with van der Waals surface area (Å²) in [4.78, 5) is 14.1. The lowest BCUT2D eigenvalue weighted by atomic mass is 9.94. The van der Waals surface area contributed by atoms with E-state index in [2.05, 4.69) is 40.6 Å². The third-order valence-corrected chi connectivity index (χ3v) is 7.31. The lowest BCUT2D eigenvalue weighted by Crippen LogP contribution is -2.36. The van der Waals surface area contributed by atoms with Crippen LogP contribution in [-0.4, -0.2) is 58.2 Å². The Morgan fingerprint density at radius 3 is 2.41 bits per heavy atom. The molecule has 0 radical (unpaired) electrons.